The van der Waals surface area contributed by atoms with Crippen molar-refractivity contribution in [3.63, 3.8) is 0 Å². The summed E-state index contributed by atoms with van der Waals surface area (Å²) in [6, 6.07) is 4.97. The zero-order valence-electron chi connectivity index (χ0n) is 12.1. The molecule has 1 aromatic carbocycles. The minimum absolute atomic E-state index is 0.206. The molecule has 4 heteroatoms. The third-order valence-electron chi connectivity index (χ3n) is 3.22. The molecule has 0 aromatic heterocycles. The van der Waals surface area contributed by atoms with Crippen molar-refractivity contribution in [3.05, 3.63) is 47.0 Å². The molecule has 108 valence electrons. The molecule has 0 aliphatic carbocycles. The van der Waals surface area contributed by atoms with E-state index >= 15 is 0 Å². The average molecular weight is 275 g/mol. The fourth-order valence-corrected chi connectivity index (χ4v) is 2.03. The lowest BCUT2D eigenvalue weighted by Gasteiger charge is -2.14. The minimum Gasteiger partial charge on any atom is -0.480 e. The quantitative estimate of drug-likeness (QED) is 0.783. The average Bonchev–Trinajstić information content (AvgIpc) is 2.38. The molecule has 1 aromatic rings. The second kappa shape index (κ2) is 7.48. The predicted molar refractivity (Wildman–Crippen MR) is 78.6 cm³/mol. The molecule has 0 saturated heterocycles. The van der Waals surface area contributed by atoms with E-state index < -0.39 is 12.0 Å². The van der Waals surface area contributed by atoms with Crippen molar-refractivity contribution in [3.8, 4) is 0 Å². The van der Waals surface area contributed by atoms with Gasteiger partial charge in [0.2, 0.25) is 5.91 Å². The zero-order chi connectivity index (χ0) is 15.1. The fourth-order valence-electron chi connectivity index (χ4n) is 2.03. The topological polar surface area (TPSA) is 66.4 Å². The Morgan fingerprint density at radius 2 is 1.90 bits per heavy atom. The molecular weight excluding hydrogens is 254 g/mol. The Kier molecular flexibility index (Phi) is 5.97. The van der Waals surface area contributed by atoms with Crippen molar-refractivity contribution >= 4 is 11.9 Å². The molecule has 0 aliphatic heterocycles. The maximum absolute atomic E-state index is 12.0. The molecule has 0 heterocycles. The molecule has 1 unspecified atom stereocenters. The lowest BCUT2D eigenvalue weighted by molar-refractivity contribution is -0.141. The number of carboxylic acids is 1. The molecule has 0 fully saturated rings. The first kappa shape index (κ1) is 16.0. The number of allylic oxidation sites excluding steroid dienone is 1. The molecule has 0 bridgehead atoms. The van der Waals surface area contributed by atoms with Crippen LogP contribution in [0.5, 0.6) is 0 Å². The van der Waals surface area contributed by atoms with Crippen LogP contribution in [0.4, 0.5) is 0 Å². The minimum atomic E-state index is -1.02. The van der Waals surface area contributed by atoms with Gasteiger partial charge < -0.3 is 10.4 Å². The summed E-state index contributed by atoms with van der Waals surface area (Å²) in [5.41, 5.74) is 3.04. The molecule has 1 rings (SSSR count). The highest BCUT2D eigenvalue weighted by atomic mass is 16.4. The van der Waals surface area contributed by atoms with Crippen LogP contribution in [0.2, 0.25) is 0 Å². The number of carboxylic acid groups (broad SMARTS) is 1. The van der Waals surface area contributed by atoms with Gasteiger partial charge in [-0.25, -0.2) is 4.79 Å². The standard InChI is InChI=1S/C16H21NO3/c1-4-5-9-14(16(19)20)17-15(18)10-13-11(2)7-6-8-12(13)3/h4-8,14H,9-10H2,1-3H3,(H,17,18)(H,19,20)/b5-4+. The van der Waals surface area contributed by atoms with E-state index in [9.17, 15) is 9.59 Å². The maximum atomic E-state index is 12.0. The Labute approximate surface area is 119 Å². The highest BCUT2D eigenvalue weighted by molar-refractivity contribution is 5.85. The van der Waals surface area contributed by atoms with Gasteiger partial charge in [-0.3, -0.25) is 4.79 Å². The number of rotatable bonds is 6. The van der Waals surface area contributed by atoms with Gasteiger partial charge in [-0.05, 0) is 43.9 Å². The third-order valence-corrected chi connectivity index (χ3v) is 3.22. The van der Waals surface area contributed by atoms with Crippen molar-refractivity contribution in [1.29, 1.82) is 0 Å². The Hall–Kier alpha value is -2.10. The summed E-state index contributed by atoms with van der Waals surface area (Å²) in [6.07, 6.45) is 4.01. The van der Waals surface area contributed by atoms with Gasteiger partial charge in [0.25, 0.3) is 0 Å². The second-order valence-electron chi connectivity index (χ2n) is 4.81. The summed E-state index contributed by atoms with van der Waals surface area (Å²) >= 11 is 0. The van der Waals surface area contributed by atoms with Crippen LogP contribution in [0.25, 0.3) is 0 Å². The first-order chi connectivity index (χ1) is 9.45. The van der Waals surface area contributed by atoms with E-state index in [0.717, 1.165) is 16.7 Å². The van der Waals surface area contributed by atoms with E-state index in [4.69, 9.17) is 5.11 Å². The number of benzene rings is 1. The number of amides is 1. The van der Waals surface area contributed by atoms with Gasteiger partial charge in [-0.2, -0.15) is 0 Å². The van der Waals surface area contributed by atoms with Crippen molar-refractivity contribution in [1.82, 2.24) is 5.32 Å². The summed E-state index contributed by atoms with van der Waals surface area (Å²) in [7, 11) is 0. The highest BCUT2D eigenvalue weighted by Gasteiger charge is 2.19. The molecular formula is C16H21NO3. The zero-order valence-corrected chi connectivity index (χ0v) is 12.1. The number of aliphatic carboxylic acids is 1. The maximum Gasteiger partial charge on any atom is 0.326 e. The highest BCUT2D eigenvalue weighted by Crippen LogP contribution is 2.14. The number of carbonyl (C=O) groups excluding carboxylic acids is 1. The van der Waals surface area contributed by atoms with Gasteiger partial charge in [-0.1, -0.05) is 30.4 Å². The molecule has 1 amide bonds. The van der Waals surface area contributed by atoms with E-state index in [1.165, 1.54) is 0 Å². The normalized spacial score (nSPS) is 12.3. The summed E-state index contributed by atoms with van der Waals surface area (Å²) < 4.78 is 0. The Bertz CT molecular complexity index is 500. The molecule has 20 heavy (non-hydrogen) atoms. The van der Waals surface area contributed by atoms with Crippen LogP contribution in [-0.2, 0) is 16.0 Å². The molecule has 4 nitrogen and oxygen atoms in total. The second-order valence-corrected chi connectivity index (χ2v) is 4.81. The van der Waals surface area contributed by atoms with Crippen LogP contribution in [0, 0.1) is 13.8 Å². The van der Waals surface area contributed by atoms with Crippen molar-refractivity contribution < 1.29 is 14.7 Å². The largest absolute Gasteiger partial charge is 0.480 e. The number of hydrogen-bond donors (Lipinski definition) is 2. The molecule has 0 saturated carbocycles. The van der Waals surface area contributed by atoms with Gasteiger partial charge in [0, 0.05) is 0 Å². The van der Waals surface area contributed by atoms with E-state index in [-0.39, 0.29) is 12.3 Å². The smallest absolute Gasteiger partial charge is 0.326 e. The van der Waals surface area contributed by atoms with Crippen LogP contribution in [0.3, 0.4) is 0 Å². The molecule has 2 N–H and O–H groups in total. The third kappa shape index (κ3) is 4.53. The van der Waals surface area contributed by atoms with E-state index in [2.05, 4.69) is 5.32 Å². The summed E-state index contributed by atoms with van der Waals surface area (Å²) in [5.74, 6) is -1.28. The van der Waals surface area contributed by atoms with Gasteiger partial charge in [0.1, 0.15) is 6.04 Å². The molecule has 1 atom stereocenters. The van der Waals surface area contributed by atoms with Gasteiger partial charge in [-0.15, -0.1) is 0 Å². The van der Waals surface area contributed by atoms with Crippen LogP contribution in [0.1, 0.15) is 30.0 Å². The number of nitrogens with one attached hydrogen (secondary N) is 1. The van der Waals surface area contributed by atoms with Crippen LogP contribution < -0.4 is 5.32 Å². The number of hydrogen-bond acceptors (Lipinski definition) is 2. The fraction of sp³-hybridized carbons (Fsp3) is 0.375. The van der Waals surface area contributed by atoms with Crippen LogP contribution in [-0.4, -0.2) is 23.0 Å². The molecule has 0 radical (unpaired) electrons. The monoisotopic (exact) mass is 275 g/mol. The number of carbonyl (C=O) groups is 2. The summed E-state index contributed by atoms with van der Waals surface area (Å²) in [4.78, 5) is 23.1. The van der Waals surface area contributed by atoms with Crippen molar-refractivity contribution in [2.75, 3.05) is 0 Å². The first-order valence-corrected chi connectivity index (χ1v) is 6.64. The van der Waals surface area contributed by atoms with Gasteiger partial charge >= 0.3 is 5.97 Å². The van der Waals surface area contributed by atoms with Gasteiger partial charge in [0.15, 0.2) is 0 Å². The van der Waals surface area contributed by atoms with E-state index in [1.807, 2.05) is 39.0 Å². The molecule has 0 spiro atoms. The van der Waals surface area contributed by atoms with Crippen LogP contribution in [0.15, 0.2) is 30.4 Å². The summed E-state index contributed by atoms with van der Waals surface area (Å²) in [5, 5.41) is 11.6. The number of aryl methyl sites for hydroxylation is 2. The lowest BCUT2D eigenvalue weighted by atomic mass is 9.99. The van der Waals surface area contributed by atoms with Gasteiger partial charge in [0.05, 0.1) is 6.42 Å². The van der Waals surface area contributed by atoms with E-state index in [0.29, 0.717) is 6.42 Å². The van der Waals surface area contributed by atoms with Crippen molar-refractivity contribution in [2.45, 2.75) is 39.7 Å². The van der Waals surface area contributed by atoms with E-state index in [1.54, 1.807) is 12.2 Å². The lowest BCUT2D eigenvalue weighted by Crippen LogP contribution is -2.41. The first-order valence-electron chi connectivity index (χ1n) is 6.64. The Balaban J connectivity index is 2.73. The molecule has 0 aliphatic rings. The van der Waals surface area contributed by atoms with Crippen molar-refractivity contribution in [2.24, 2.45) is 0 Å². The SMILES string of the molecule is C/C=C/CC(NC(=O)Cc1c(C)cccc1C)C(=O)O. The van der Waals surface area contributed by atoms with Crippen LogP contribution >= 0.6 is 0 Å². The Morgan fingerprint density at radius 1 is 1.30 bits per heavy atom. The summed E-state index contributed by atoms with van der Waals surface area (Å²) in [6.45, 7) is 5.71. The predicted octanol–water partition coefficient (Wildman–Crippen LogP) is 2.38. The Morgan fingerprint density at radius 3 is 2.40 bits per heavy atom.